The van der Waals surface area contributed by atoms with Gasteiger partial charge in [-0.2, -0.15) is 0 Å². The van der Waals surface area contributed by atoms with E-state index in [1.165, 1.54) is 29.2 Å². The lowest BCUT2D eigenvalue weighted by Gasteiger charge is -2.19. The second kappa shape index (κ2) is 11.1. The van der Waals surface area contributed by atoms with Crippen molar-refractivity contribution in [2.45, 2.75) is 13.3 Å². The molecule has 3 aromatic rings. The summed E-state index contributed by atoms with van der Waals surface area (Å²) < 4.78 is 11.4. The molecule has 1 aliphatic heterocycles. The molecule has 1 saturated heterocycles. The smallest absolute Gasteiger partial charge is 0.343 e. The highest BCUT2D eigenvalue weighted by Crippen LogP contribution is 2.31. The Morgan fingerprint density at radius 2 is 1.67 bits per heavy atom. The van der Waals surface area contributed by atoms with Crippen LogP contribution in [0.4, 0.5) is 5.69 Å². The summed E-state index contributed by atoms with van der Waals surface area (Å²) in [5.41, 5.74) is 2.09. The molecule has 1 aliphatic rings. The Labute approximate surface area is 221 Å². The van der Waals surface area contributed by atoms with Crippen LogP contribution in [0.25, 0.3) is 0 Å². The standard InChI is InChI=1S/C27H21BrClNO6/c1-16-22(29)3-2-4-23(16)30-14-19(13-25(30)32)26(33)35-15-24(31)17-7-11-21(12-8-17)36-27(34)18-5-9-20(28)10-6-18/h2-12,19H,13-15H2,1H3/t19-/m1/s1. The second-order valence-corrected chi connectivity index (χ2v) is 9.56. The number of nitrogens with zero attached hydrogens (tertiary/aromatic N) is 1. The average molecular weight is 571 g/mol. The van der Waals surface area contributed by atoms with E-state index in [0.717, 1.165) is 10.0 Å². The van der Waals surface area contributed by atoms with Gasteiger partial charge in [-0.1, -0.05) is 33.6 Å². The fourth-order valence-corrected chi connectivity index (χ4v) is 4.22. The molecule has 184 valence electrons. The Morgan fingerprint density at radius 3 is 2.36 bits per heavy atom. The lowest BCUT2D eigenvalue weighted by Crippen LogP contribution is -2.27. The van der Waals surface area contributed by atoms with Crippen LogP contribution in [0.1, 0.15) is 32.7 Å². The van der Waals surface area contributed by atoms with E-state index in [-0.39, 0.29) is 24.6 Å². The maximum absolute atomic E-state index is 12.5. The summed E-state index contributed by atoms with van der Waals surface area (Å²) in [5.74, 6) is -2.16. The zero-order valence-corrected chi connectivity index (χ0v) is 21.5. The third-order valence-electron chi connectivity index (χ3n) is 5.80. The van der Waals surface area contributed by atoms with E-state index in [2.05, 4.69) is 15.9 Å². The number of halogens is 2. The predicted molar refractivity (Wildman–Crippen MR) is 137 cm³/mol. The van der Waals surface area contributed by atoms with Crippen molar-refractivity contribution in [2.75, 3.05) is 18.1 Å². The number of amides is 1. The van der Waals surface area contributed by atoms with Crippen molar-refractivity contribution in [1.29, 1.82) is 0 Å². The van der Waals surface area contributed by atoms with Crippen LogP contribution in [0.5, 0.6) is 5.75 Å². The Morgan fingerprint density at radius 1 is 1.00 bits per heavy atom. The number of Topliss-reactive ketones (excluding diaryl/α,β-unsaturated/α-hetero) is 1. The number of carbonyl (C=O) groups is 4. The topological polar surface area (TPSA) is 90.0 Å². The van der Waals surface area contributed by atoms with Crippen LogP contribution < -0.4 is 9.64 Å². The van der Waals surface area contributed by atoms with Crippen molar-refractivity contribution in [3.63, 3.8) is 0 Å². The van der Waals surface area contributed by atoms with Crippen molar-refractivity contribution in [3.8, 4) is 5.75 Å². The van der Waals surface area contributed by atoms with Crippen molar-refractivity contribution in [2.24, 2.45) is 5.92 Å². The van der Waals surface area contributed by atoms with Gasteiger partial charge in [0.25, 0.3) is 0 Å². The Hall–Kier alpha value is -3.49. The van der Waals surface area contributed by atoms with Crippen molar-refractivity contribution in [1.82, 2.24) is 0 Å². The van der Waals surface area contributed by atoms with Crippen molar-refractivity contribution >= 4 is 56.8 Å². The van der Waals surface area contributed by atoms with Crippen LogP contribution in [0.3, 0.4) is 0 Å². The monoisotopic (exact) mass is 569 g/mol. The SMILES string of the molecule is Cc1c(Cl)cccc1N1C[C@H](C(=O)OCC(=O)c2ccc(OC(=O)c3ccc(Br)cc3)cc2)CC1=O. The number of anilines is 1. The zero-order valence-electron chi connectivity index (χ0n) is 19.2. The molecule has 0 saturated carbocycles. The molecule has 0 aliphatic carbocycles. The number of hydrogen-bond donors (Lipinski definition) is 0. The summed E-state index contributed by atoms with van der Waals surface area (Å²) in [4.78, 5) is 51.3. The number of hydrogen-bond acceptors (Lipinski definition) is 6. The van der Waals surface area contributed by atoms with Crippen LogP contribution >= 0.6 is 27.5 Å². The summed E-state index contributed by atoms with van der Waals surface area (Å²) in [5, 5.41) is 0.533. The largest absolute Gasteiger partial charge is 0.457 e. The molecular weight excluding hydrogens is 550 g/mol. The van der Waals surface area contributed by atoms with E-state index in [4.69, 9.17) is 21.1 Å². The lowest BCUT2D eigenvalue weighted by molar-refractivity contribution is -0.147. The number of rotatable bonds is 7. The molecule has 0 unspecified atom stereocenters. The third-order valence-corrected chi connectivity index (χ3v) is 6.74. The van der Waals surface area contributed by atoms with Crippen molar-refractivity contribution in [3.05, 3.63) is 92.9 Å². The number of benzene rings is 3. The van der Waals surface area contributed by atoms with Gasteiger partial charge in [-0.25, -0.2) is 4.79 Å². The Balaban J connectivity index is 1.30. The molecule has 1 atom stereocenters. The van der Waals surface area contributed by atoms with Gasteiger partial charge in [-0.05, 0) is 73.2 Å². The van der Waals surface area contributed by atoms with Gasteiger partial charge < -0.3 is 14.4 Å². The van der Waals surface area contributed by atoms with Crippen LogP contribution in [0, 0.1) is 12.8 Å². The molecule has 1 fully saturated rings. The molecule has 0 radical (unpaired) electrons. The first-order valence-corrected chi connectivity index (χ1v) is 12.2. The van der Waals surface area contributed by atoms with Gasteiger partial charge in [-0.3, -0.25) is 14.4 Å². The van der Waals surface area contributed by atoms with Crippen LogP contribution in [0.15, 0.2) is 71.2 Å². The van der Waals surface area contributed by atoms with Crippen molar-refractivity contribution < 1.29 is 28.7 Å². The van der Waals surface area contributed by atoms with Gasteiger partial charge in [0.05, 0.1) is 11.5 Å². The number of ketones is 1. The van der Waals surface area contributed by atoms with E-state index in [9.17, 15) is 19.2 Å². The molecule has 4 rings (SSSR count). The first-order chi connectivity index (χ1) is 17.2. The molecule has 1 amide bonds. The fourth-order valence-electron chi connectivity index (χ4n) is 3.79. The zero-order chi connectivity index (χ0) is 25.8. The quantitative estimate of drug-likeness (QED) is 0.214. The molecule has 0 N–H and O–H groups in total. The van der Waals surface area contributed by atoms with Crippen LogP contribution in [-0.2, 0) is 14.3 Å². The van der Waals surface area contributed by atoms with E-state index in [1.807, 2.05) is 6.92 Å². The number of carbonyl (C=O) groups excluding carboxylic acids is 4. The third kappa shape index (κ3) is 5.83. The van der Waals surface area contributed by atoms with Crippen LogP contribution in [0.2, 0.25) is 5.02 Å². The van der Waals surface area contributed by atoms with Crippen LogP contribution in [-0.4, -0.2) is 36.8 Å². The molecule has 1 heterocycles. The number of esters is 2. The molecule has 9 heteroatoms. The summed E-state index contributed by atoms with van der Waals surface area (Å²) >= 11 is 9.46. The molecule has 36 heavy (non-hydrogen) atoms. The van der Waals surface area contributed by atoms with E-state index in [0.29, 0.717) is 21.8 Å². The Kier molecular flexibility index (Phi) is 7.86. The maximum Gasteiger partial charge on any atom is 0.343 e. The summed E-state index contributed by atoms with van der Waals surface area (Å²) in [6.45, 7) is 1.51. The van der Waals surface area contributed by atoms with E-state index >= 15 is 0 Å². The van der Waals surface area contributed by atoms with Gasteiger partial charge in [-0.15, -0.1) is 0 Å². The van der Waals surface area contributed by atoms with Gasteiger partial charge in [0.1, 0.15) is 5.75 Å². The minimum absolute atomic E-state index is 0.00257. The van der Waals surface area contributed by atoms with Gasteiger partial charge >= 0.3 is 11.9 Å². The minimum atomic E-state index is -0.677. The lowest BCUT2D eigenvalue weighted by atomic mass is 10.1. The molecule has 0 bridgehead atoms. The molecule has 0 aromatic heterocycles. The average Bonchev–Trinajstić information content (AvgIpc) is 3.26. The fraction of sp³-hybridized carbons (Fsp3) is 0.185. The van der Waals surface area contributed by atoms with Gasteiger partial charge in [0, 0.05) is 33.7 Å². The molecule has 7 nitrogen and oxygen atoms in total. The highest BCUT2D eigenvalue weighted by atomic mass is 79.9. The number of ether oxygens (including phenoxy) is 2. The highest BCUT2D eigenvalue weighted by molar-refractivity contribution is 9.10. The second-order valence-electron chi connectivity index (χ2n) is 8.24. The summed E-state index contributed by atoms with van der Waals surface area (Å²) in [6, 6.07) is 17.9. The summed E-state index contributed by atoms with van der Waals surface area (Å²) in [6.07, 6.45) is -0.00257. The van der Waals surface area contributed by atoms with Gasteiger partial charge in [0.15, 0.2) is 12.4 Å². The Bertz CT molecular complexity index is 1320. The first-order valence-electron chi connectivity index (χ1n) is 11.1. The minimum Gasteiger partial charge on any atom is -0.457 e. The van der Waals surface area contributed by atoms with E-state index in [1.54, 1.807) is 42.5 Å². The summed E-state index contributed by atoms with van der Waals surface area (Å²) in [7, 11) is 0. The van der Waals surface area contributed by atoms with E-state index < -0.39 is 30.2 Å². The molecular formula is C27H21BrClNO6. The van der Waals surface area contributed by atoms with Gasteiger partial charge in [0.2, 0.25) is 5.91 Å². The normalized spacial score (nSPS) is 15.0. The molecule has 0 spiro atoms. The first kappa shape index (κ1) is 25.6. The maximum atomic E-state index is 12.5. The molecule has 3 aromatic carbocycles. The highest BCUT2D eigenvalue weighted by Gasteiger charge is 2.37. The predicted octanol–water partition coefficient (Wildman–Crippen LogP) is 5.41.